The first-order chi connectivity index (χ1) is 8.65. The number of allylic oxidation sites excluding steroid dienone is 1. The van der Waals surface area contributed by atoms with Crippen molar-refractivity contribution in [2.75, 3.05) is 0 Å². The van der Waals surface area contributed by atoms with Gasteiger partial charge in [-0.2, -0.15) is 0 Å². The van der Waals surface area contributed by atoms with Gasteiger partial charge in [0.25, 0.3) is 0 Å². The van der Waals surface area contributed by atoms with Crippen molar-refractivity contribution in [3.05, 3.63) is 53.6 Å². The highest BCUT2D eigenvalue weighted by Gasteiger charge is 1.95. The SMILES string of the molecule is CC.Cc1ccc2cc(/C=C/C(C)C)ccc2c1. The maximum absolute atomic E-state index is 2.24. The minimum Gasteiger partial charge on any atom is -0.0814 e. The Kier molecular flexibility index (Phi) is 5.64. The normalized spacial score (nSPS) is 10.8. The largest absolute Gasteiger partial charge is 0.0814 e. The predicted molar refractivity (Wildman–Crippen MR) is 83.9 cm³/mol. The number of hydrogen-bond acceptors (Lipinski definition) is 0. The highest BCUT2D eigenvalue weighted by molar-refractivity contribution is 5.85. The number of hydrogen-bond donors (Lipinski definition) is 0. The summed E-state index contributed by atoms with van der Waals surface area (Å²) < 4.78 is 0. The van der Waals surface area contributed by atoms with Crippen LogP contribution in [0.25, 0.3) is 16.8 Å². The monoisotopic (exact) mass is 240 g/mol. The highest BCUT2D eigenvalue weighted by Crippen LogP contribution is 2.18. The Morgan fingerprint density at radius 3 is 2.17 bits per heavy atom. The van der Waals surface area contributed by atoms with Crippen LogP contribution in [0.2, 0.25) is 0 Å². The van der Waals surface area contributed by atoms with E-state index in [1.54, 1.807) is 0 Å². The molecule has 2 aromatic rings. The second-order valence-corrected chi connectivity index (χ2v) is 4.71. The summed E-state index contributed by atoms with van der Waals surface area (Å²) in [5, 5.41) is 2.64. The molecule has 0 fully saturated rings. The third-order valence-corrected chi connectivity index (χ3v) is 2.69. The Morgan fingerprint density at radius 2 is 1.50 bits per heavy atom. The summed E-state index contributed by atoms with van der Waals surface area (Å²) in [7, 11) is 0. The van der Waals surface area contributed by atoms with Crippen molar-refractivity contribution < 1.29 is 0 Å². The van der Waals surface area contributed by atoms with Gasteiger partial charge in [0.15, 0.2) is 0 Å². The van der Waals surface area contributed by atoms with E-state index in [0.29, 0.717) is 5.92 Å². The van der Waals surface area contributed by atoms with Crippen molar-refractivity contribution in [3.63, 3.8) is 0 Å². The maximum Gasteiger partial charge on any atom is -0.0178 e. The topological polar surface area (TPSA) is 0 Å². The highest BCUT2D eigenvalue weighted by atomic mass is 14.0. The Labute approximate surface area is 111 Å². The molecule has 0 N–H and O–H groups in total. The van der Waals surface area contributed by atoms with Crippen LogP contribution in [0, 0.1) is 12.8 Å². The number of rotatable bonds is 2. The Bertz CT molecular complexity index is 519. The van der Waals surface area contributed by atoms with Gasteiger partial charge in [-0.1, -0.05) is 75.7 Å². The van der Waals surface area contributed by atoms with Gasteiger partial charge < -0.3 is 0 Å². The molecule has 0 heteroatoms. The lowest BCUT2D eigenvalue weighted by Crippen LogP contribution is -1.80. The predicted octanol–water partition coefficient (Wildman–Crippen LogP) is 5.84. The van der Waals surface area contributed by atoms with Gasteiger partial charge in [-0.3, -0.25) is 0 Å². The molecule has 0 spiro atoms. The summed E-state index contributed by atoms with van der Waals surface area (Å²) in [6, 6.07) is 13.2. The molecule has 0 unspecified atom stereocenters. The minimum absolute atomic E-state index is 0.605. The smallest absolute Gasteiger partial charge is 0.0178 e. The fraction of sp³-hybridized carbons (Fsp3) is 0.333. The van der Waals surface area contributed by atoms with Gasteiger partial charge >= 0.3 is 0 Å². The fourth-order valence-corrected chi connectivity index (χ4v) is 1.79. The molecule has 0 aromatic heterocycles. The van der Waals surface area contributed by atoms with E-state index in [1.807, 2.05) is 13.8 Å². The quantitative estimate of drug-likeness (QED) is 0.618. The Morgan fingerprint density at radius 1 is 0.889 bits per heavy atom. The van der Waals surface area contributed by atoms with Crippen molar-refractivity contribution in [2.45, 2.75) is 34.6 Å². The van der Waals surface area contributed by atoms with E-state index >= 15 is 0 Å². The zero-order valence-electron chi connectivity index (χ0n) is 12.2. The molecular formula is C18H24. The van der Waals surface area contributed by atoms with Gasteiger partial charge in [0, 0.05) is 0 Å². The van der Waals surface area contributed by atoms with Crippen LogP contribution in [0.3, 0.4) is 0 Å². The summed E-state index contributed by atoms with van der Waals surface area (Å²) in [5.74, 6) is 0.605. The van der Waals surface area contributed by atoms with E-state index in [1.165, 1.54) is 21.9 Å². The summed E-state index contributed by atoms with van der Waals surface area (Å²) >= 11 is 0. The van der Waals surface area contributed by atoms with Crippen molar-refractivity contribution in [2.24, 2.45) is 5.92 Å². The van der Waals surface area contributed by atoms with E-state index in [4.69, 9.17) is 0 Å². The van der Waals surface area contributed by atoms with Gasteiger partial charge in [-0.25, -0.2) is 0 Å². The molecule has 0 heterocycles. The van der Waals surface area contributed by atoms with Crippen LogP contribution in [0.4, 0.5) is 0 Å². The molecule has 96 valence electrons. The molecule has 0 nitrogen and oxygen atoms in total. The second kappa shape index (κ2) is 7.00. The molecule has 0 aliphatic heterocycles. The van der Waals surface area contributed by atoms with Crippen LogP contribution in [0.1, 0.15) is 38.8 Å². The summed E-state index contributed by atoms with van der Waals surface area (Å²) in [5.41, 5.74) is 2.60. The van der Waals surface area contributed by atoms with E-state index in [0.717, 1.165) is 0 Å². The molecule has 2 rings (SSSR count). The standard InChI is InChI=1S/C16H18.C2H6/c1-12(2)4-6-14-7-9-15-10-13(3)5-8-16(15)11-14;1-2/h4-12H,1-3H3;1-2H3/b6-4+;. The van der Waals surface area contributed by atoms with E-state index in [-0.39, 0.29) is 0 Å². The molecule has 0 atom stereocenters. The molecule has 0 amide bonds. The average molecular weight is 240 g/mol. The molecular weight excluding hydrogens is 216 g/mol. The fourth-order valence-electron chi connectivity index (χ4n) is 1.79. The first kappa shape index (κ1) is 14.5. The molecule has 18 heavy (non-hydrogen) atoms. The molecule has 2 aromatic carbocycles. The van der Waals surface area contributed by atoms with Gasteiger partial charge in [-0.15, -0.1) is 0 Å². The third kappa shape index (κ3) is 4.03. The average Bonchev–Trinajstić information content (AvgIpc) is 2.38. The minimum atomic E-state index is 0.605. The zero-order valence-corrected chi connectivity index (χ0v) is 12.2. The Balaban J connectivity index is 0.000000771. The number of fused-ring (bicyclic) bond motifs is 1. The van der Waals surface area contributed by atoms with Gasteiger partial charge in [-0.05, 0) is 35.2 Å². The molecule has 0 saturated heterocycles. The second-order valence-electron chi connectivity index (χ2n) is 4.71. The number of aryl methyl sites for hydroxylation is 1. The first-order valence-corrected chi connectivity index (χ1v) is 6.84. The summed E-state index contributed by atoms with van der Waals surface area (Å²) in [6.45, 7) is 10.5. The summed E-state index contributed by atoms with van der Waals surface area (Å²) in [6.07, 6.45) is 4.43. The molecule has 0 radical (unpaired) electrons. The van der Waals surface area contributed by atoms with Crippen molar-refractivity contribution in [1.82, 2.24) is 0 Å². The lowest BCUT2D eigenvalue weighted by Gasteiger charge is -2.01. The first-order valence-electron chi connectivity index (χ1n) is 6.84. The molecule has 0 saturated carbocycles. The molecule has 0 aliphatic carbocycles. The van der Waals surface area contributed by atoms with Crippen molar-refractivity contribution in [3.8, 4) is 0 Å². The number of benzene rings is 2. The van der Waals surface area contributed by atoms with Crippen LogP contribution >= 0.6 is 0 Å². The zero-order chi connectivity index (χ0) is 13.5. The molecule has 0 bridgehead atoms. The van der Waals surface area contributed by atoms with Crippen LogP contribution in [-0.4, -0.2) is 0 Å². The maximum atomic E-state index is 2.24. The van der Waals surface area contributed by atoms with Crippen molar-refractivity contribution in [1.29, 1.82) is 0 Å². The van der Waals surface area contributed by atoms with Gasteiger partial charge in [0.1, 0.15) is 0 Å². The van der Waals surface area contributed by atoms with Crippen molar-refractivity contribution >= 4 is 16.8 Å². The third-order valence-electron chi connectivity index (χ3n) is 2.69. The summed E-state index contributed by atoms with van der Waals surface area (Å²) in [4.78, 5) is 0. The van der Waals surface area contributed by atoms with Crippen LogP contribution in [-0.2, 0) is 0 Å². The van der Waals surface area contributed by atoms with Crippen LogP contribution < -0.4 is 0 Å². The van der Waals surface area contributed by atoms with Crippen LogP contribution in [0.15, 0.2) is 42.5 Å². The Hall–Kier alpha value is -1.56. The lowest BCUT2D eigenvalue weighted by atomic mass is 10.0. The van der Waals surface area contributed by atoms with Crippen LogP contribution in [0.5, 0.6) is 0 Å². The molecule has 0 aliphatic rings. The van der Waals surface area contributed by atoms with E-state index < -0.39 is 0 Å². The van der Waals surface area contributed by atoms with Gasteiger partial charge in [0.05, 0.1) is 0 Å². The van der Waals surface area contributed by atoms with Gasteiger partial charge in [0.2, 0.25) is 0 Å². The van der Waals surface area contributed by atoms with E-state index in [2.05, 4.69) is 69.3 Å². The van der Waals surface area contributed by atoms with E-state index in [9.17, 15) is 0 Å². The lowest BCUT2D eigenvalue weighted by molar-refractivity contribution is 0.836.